The van der Waals surface area contributed by atoms with Crippen LogP contribution in [-0.4, -0.2) is 76.4 Å². The van der Waals surface area contributed by atoms with E-state index >= 15 is 0 Å². The minimum Gasteiger partial charge on any atom is -0.465 e. The molecule has 4 rings (SSSR count). The van der Waals surface area contributed by atoms with E-state index in [1.54, 1.807) is 26.1 Å². The molecule has 0 radical (unpaired) electrons. The van der Waals surface area contributed by atoms with Crippen molar-refractivity contribution in [2.45, 2.75) is 31.7 Å². The number of carboxylic acid groups (broad SMARTS) is 1. The first-order valence-electron chi connectivity index (χ1n) is 10.4. The van der Waals surface area contributed by atoms with Crippen LogP contribution < -0.4 is 4.90 Å². The van der Waals surface area contributed by atoms with Gasteiger partial charge in [0.1, 0.15) is 0 Å². The SMILES string of the molecule is Cc1nnc(N2CCC(C(=O)N3C[C@@H](N(C)C(=O)O)[C@H](c4ccc(Cl)cc4)C3)CC2)o1. The van der Waals surface area contributed by atoms with E-state index in [-0.39, 0.29) is 23.8 Å². The van der Waals surface area contributed by atoms with Gasteiger partial charge < -0.3 is 24.2 Å². The number of hydrogen-bond acceptors (Lipinski definition) is 6. The third-order valence-electron chi connectivity index (χ3n) is 6.33. The largest absolute Gasteiger partial charge is 0.465 e. The van der Waals surface area contributed by atoms with E-state index in [0.717, 1.165) is 5.56 Å². The van der Waals surface area contributed by atoms with Gasteiger partial charge in [-0.25, -0.2) is 4.79 Å². The molecule has 1 N–H and O–H groups in total. The number of carbonyl (C=O) groups excluding carboxylic acids is 1. The molecule has 2 amide bonds. The molecule has 2 aromatic rings. The Bertz CT molecular complexity index is 942. The van der Waals surface area contributed by atoms with Gasteiger partial charge >= 0.3 is 12.1 Å². The van der Waals surface area contributed by atoms with Crippen molar-refractivity contribution in [2.24, 2.45) is 5.92 Å². The van der Waals surface area contributed by atoms with Crippen LogP contribution in [0.1, 0.15) is 30.2 Å². The second-order valence-corrected chi connectivity index (χ2v) is 8.66. The molecular weight excluding hydrogens is 422 g/mol. The zero-order valence-corrected chi connectivity index (χ0v) is 18.3. The van der Waals surface area contributed by atoms with Crippen LogP contribution in [-0.2, 0) is 4.79 Å². The van der Waals surface area contributed by atoms with Crippen molar-refractivity contribution < 1.29 is 19.1 Å². The molecule has 166 valence electrons. The lowest BCUT2D eigenvalue weighted by Crippen LogP contribution is -2.44. The second-order valence-electron chi connectivity index (χ2n) is 8.23. The lowest BCUT2D eigenvalue weighted by molar-refractivity contribution is -0.135. The molecule has 10 heteroatoms. The standard InChI is InChI=1S/C21H26ClN5O4/c1-13-23-24-20(31-13)26-9-7-15(8-10-26)19(28)27-11-17(14-3-5-16(22)6-4-14)18(12-27)25(2)21(29)30/h3-6,15,17-18H,7-12H2,1-2H3,(H,29,30)/t17-,18+/m0/s1. The highest BCUT2D eigenvalue weighted by molar-refractivity contribution is 6.30. The van der Waals surface area contributed by atoms with E-state index in [9.17, 15) is 14.7 Å². The number of rotatable bonds is 4. The van der Waals surface area contributed by atoms with Gasteiger partial charge in [-0.05, 0) is 30.5 Å². The van der Waals surface area contributed by atoms with Crippen LogP contribution in [0.5, 0.6) is 0 Å². The maximum Gasteiger partial charge on any atom is 0.407 e. The van der Waals surface area contributed by atoms with Crippen LogP contribution in [0.25, 0.3) is 0 Å². The van der Waals surface area contributed by atoms with Gasteiger partial charge in [-0.2, -0.15) is 0 Å². The van der Waals surface area contributed by atoms with E-state index in [1.807, 2.05) is 21.9 Å². The summed E-state index contributed by atoms with van der Waals surface area (Å²) in [5, 5.41) is 18.1. The van der Waals surface area contributed by atoms with Gasteiger partial charge in [0.05, 0.1) is 6.04 Å². The van der Waals surface area contributed by atoms with Crippen LogP contribution >= 0.6 is 11.6 Å². The summed E-state index contributed by atoms with van der Waals surface area (Å²) < 4.78 is 5.49. The molecule has 3 heterocycles. The van der Waals surface area contributed by atoms with Crippen LogP contribution in [0, 0.1) is 12.8 Å². The summed E-state index contributed by atoms with van der Waals surface area (Å²) >= 11 is 6.02. The molecule has 1 aromatic carbocycles. The third kappa shape index (κ3) is 4.46. The number of aromatic nitrogens is 2. The summed E-state index contributed by atoms with van der Waals surface area (Å²) in [6, 6.07) is 7.62. The second kappa shape index (κ2) is 8.74. The van der Waals surface area contributed by atoms with Crippen LogP contribution in [0.2, 0.25) is 5.02 Å². The fourth-order valence-corrected chi connectivity index (χ4v) is 4.65. The number of nitrogens with zero attached hydrogens (tertiary/aromatic N) is 5. The fraction of sp³-hybridized carbons (Fsp3) is 0.524. The number of halogens is 1. The van der Waals surface area contributed by atoms with Crippen molar-refractivity contribution in [2.75, 3.05) is 38.1 Å². The van der Waals surface area contributed by atoms with E-state index in [2.05, 4.69) is 10.2 Å². The Labute approximate surface area is 185 Å². The average molecular weight is 448 g/mol. The van der Waals surface area contributed by atoms with E-state index in [4.69, 9.17) is 16.0 Å². The Balaban J connectivity index is 1.44. The quantitative estimate of drug-likeness (QED) is 0.768. The summed E-state index contributed by atoms with van der Waals surface area (Å²) in [6.45, 7) is 3.97. The highest BCUT2D eigenvalue weighted by Gasteiger charge is 2.42. The van der Waals surface area contributed by atoms with Gasteiger partial charge in [-0.15, -0.1) is 5.10 Å². The highest BCUT2D eigenvalue weighted by Crippen LogP contribution is 2.34. The predicted octanol–water partition coefficient (Wildman–Crippen LogP) is 2.85. The molecule has 2 atom stereocenters. The maximum absolute atomic E-state index is 13.3. The van der Waals surface area contributed by atoms with Gasteiger partial charge in [0.2, 0.25) is 11.8 Å². The highest BCUT2D eigenvalue weighted by atomic mass is 35.5. The number of amides is 2. The molecule has 0 spiro atoms. The van der Waals surface area contributed by atoms with E-state index < -0.39 is 6.09 Å². The van der Waals surface area contributed by atoms with Gasteiger partial charge in [0.15, 0.2) is 0 Å². The first kappa shape index (κ1) is 21.4. The molecule has 0 aliphatic carbocycles. The molecule has 2 fully saturated rings. The van der Waals surface area contributed by atoms with Crippen LogP contribution in [0.15, 0.2) is 28.7 Å². The smallest absolute Gasteiger partial charge is 0.407 e. The normalized spacial score (nSPS) is 22.0. The van der Waals surface area contributed by atoms with Crippen LogP contribution in [0.4, 0.5) is 10.8 Å². The number of likely N-dealkylation sites (N-methyl/N-ethyl adjacent to an activating group) is 1. The lowest BCUT2D eigenvalue weighted by Gasteiger charge is -2.32. The first-order chi connectivity index (χ1) is 14.8. The van der Waals surface area contributed by atoms with E-state index in [1.165, 1.54) is 4.90 Å². The topological polar surface area (TPSA) is 103 Å². The summed E-state index contributed by atoms with van der Waals surface area (Å²) in [7, 11) is 1.56. The Morgan fingerprint density at radius 2 is 1.84 bits per heavy atom. The molecule has 0 bridgehead atoms. The van der Waals surface area contributed by atoms with E-state index in [0.29, 0.717) is 55.9 Å². The Morgan fingerprint density at radius 1 is 1.16 bits per heavy atom. The summed E-state index contributed by atoms with van der Waals surface area (Å²) in [5.74, 6) is 0.414. The third-order valence-corrected chi connectivity index (χ3v) is 6.58. The van der Waals surface area contributed by atoms with Crippen molar-refractivity contribution in [3.63, 3.8) is 0 Å². The fourth-order valence-electron chi connectivity index (χ4n) is 4.53. The number of piperidine rings is 1. The maximum atomic E-state index is 13.3. The van der Waals surface area contributed by atoms with Crippen molar-refractivity contribution in [1.29, 1.82) is 0 Å². The number of likely N-dealkylation sites (tertiary alicyclic amines) is 1. The number of hydrogen-bond donors (Lipinski definition) is 1. The minimum absolute atomic E-state index is 0.0848. The predicted molar refractivity (Wildman–Crippen MR) is 114 cm³/mol. The summed E-state index contributed by atoms with van der Waals surface area (Å²) in [6.07, 6.45) is 0.394. The molecular formula is C21H26ClN5O4. The Hall–Kier alpha value is -2.81. The van der Waals surface area contributed by atoms with Crippen molar-refractivity contribution in [1.82, 2.24) is 20.0 Å². The first-order valence-corrected chi connectivity index (χ1v) is 10.8. The zero-order chi connectivity index (χ0) is 22.1. The molecule has 31 heavy (non-hydrogen) atoms. The molecule has 2 aliphatic heterocycles. The molecule has 0 unspecified atom stereocenters. The zero-order valence-electron chi connectivity index (χ0n) is 17.6. The van der Waals surface area contributed by atoms with Crippen molar-refractivity contribution in [3.8, 4) is 0 Å². The summed E-state index contributed by atoms with van der Waals surface area (Å²) in [5.41, 5.74) is 0.986. The Morgan fingerprint density at radius 3 is 2.42 bits per heavy atom. The monoisotopic (exact) mass is 447 g/mol. The molecule has 1 aromatic heterocycles. The molecule has 2 saturated heterocycles. The van der Waals surface area contributed by atoms with Gasteiger partial charge in [0.25, 0.3) is 0 Å². The van der Waals surface area contributed by atoms with Gasteiger partial charge in [0, 0.05) is 57.0 Å². The number of anilines is 1. The average Bonchev–Trinajstić information content (AvgIpc) is 3.40. The molecule has 2 aliphatic rings. The van der Waals surface area contributed by atoms with Gasteiger partial charge in [-0.3, -0.25) is 4.79 Å². The molecule has 0 saturated carbocycles. The summed E-state index contributed by atoms with van der Waals surface area (Å²) in [4.78, 5) is 30.1. The number of benzene rings is 1. The van der Waals surface area contributed by atoms with Crippen molar-refractivity contribution in [3.05, 3.63) is 40.7 Å². The Kier molecular flexibility index (Phi) is 6.04. The minimum atomic E-state index is -0.999. The van der Waals surface area contributed by atoms with Gasteiger partial charge in [-0.1, -0.05) is 28.8 Å². The number of carbonyl (C=O) groups is 2. The van der Waals surface area contributed by atoms with Crippen molar-refractivity contribution >= 4 is 29.6 Å². The van der Waals surface area contributed by atoms with Crippen LogP contribution in [0.3, 0.4) is 0 Å². The lowest BCUT2D eigenvalue weighted by atomic mass is 9.93. The number of aryl methyl sites for hydroxylation is 1. The molecule has 9 nitrogen and oxygen atoms in total.